The van der Waals surface area contributed by atoms with E-state index in [2.05, 4.69) is 23.3 Å². The van der Waals surface area contributed by atoms with Crippen LogP contribution in [0.3, 0.4) is 0 Å². The summed E-state index contributed by atoms with van der Waals surface area (Å²) in [5.41, 5.74) is 7.28. The summed E-state index contributed by atoms with van der Waals surface area (Å²) in [6, 6.07) is 2.59. The Kier molecular flexibility index (Phi) is 2.67. The number of thiophene rings is 1. The van der Waals surface area contributed by atoms with Crippen molar-refractivity contribution >= 4 is 11.3 Å². The van der Waals surface area contributed by atoms with Crippen molar-refractivity contribution in [1.29, 1.82) is 0 Å². The molecule has 1 aromatic heterocycles. The number of likely N-dealkylation sites (tertiary alicyclic amines) is 1. The Labute approximate surface area is 83.4 Å². The Morgan fingerprint density at radius 1 is 1.69 bits per heavy atom. The van der Waals surface area contributed by atoms with Crippen LogP contribution < -0.4 is 5.73 Å². The Balaban J connectivity index is 1.95. The molecule has 13 heavy (non-hydrogen) atoms. The third kappa shape index (κ3) is 2.10. The van der Waals surface area contributed by atoms with Gasteiger partial charge in [0.25, 0.3) is 0 Å². The van der Waals surface area contributed by atoms with Gasteiger partial charge in [0, 0.05) is 30.6 Å². The lowest BCUT2D eigenvalue weighted by atomic mass is 10.3. The molecule has 1 saturated heterocycles. The van der Waals surface area contributed by atoms with Crippen LogP contribution in [0.5, 0.6) is 0 Å². The number of hydrogen-bond acceptors (Lipinski definition) is 3. The van der Waals surface area contributed by atoms with Gasteiger partial charge in [-0.3, -0.25) is 4.90 Å². The standard InChI is InChI=1S/C10H16N2S/c1-8-3-5-13-10(8)7-12-4-2-9(11)6-12/h3,5,9H,2,4,6-7,11H2,1H3. The van der Waals surface area contributed by atoms with Crippen LogP contribution in [0.15, 0.2) is 11.4 Å². The van der Waals surface area contributed by atoms with Crippen LogP contribution in [-0.4, -0.2) is 24.0 Å². The molecule has 1 aliphatic rings. The lowest BCUT2D eigenvalue weighted by molar-refractivity contribution is 0.329. The molecule has 1 aliphatic heterocycles. The van der Waals surface area contributed by atoms with Gasteiger partial charge in [0.1, 0.15) is 0 Å². The van der Waals surface area contributed by atoms with Crippen molar-refractivity contribution < 1.29 is 0 Å². The molecule has 0 spiro atoms. The van der Waals surface area contributed by atoms with Crippen LogP contribution in [0, 0.1) is 6.92 Å². The Hall–Kier alpha value is -0.380. The molecule has 0 saturated carbocycles. The van der Waals surface area contributed by atoms with E-state index in [-0.39, 0.29) is 0 Å². The van der Waals surface area contributed by atoms with Gasteiger partial charge < -0.3 is 5.73 Å². The molecule has 2 N–H and O–H groups in total. The summed E-state index contributed by atoms with van der Waals surface area (Å²) in [6.07, 6.45) is 1.16. The van der Waals surface area contributed by atoms with Crippen molar-refractivity contribution in [2.75, 3.05) is 13.1 Å². The highest BCUT2D eigenvalue weighted by Gasteiger charge is 2.19. The van der Waals surface area contributed by atoms with Crippen LogP contribution in [0.1, 0.15) is 16.9 Å². The average molecular weight is 196 g/mol. The molecule has 1 unspecified atom stereocenters. The van der Waals surface area contributed by atoms with E-state index < -0.39 is 0 Å². The zero-order valence-electron chi connectivity index (χ0n) is 7.99. The fraction of sp³-hybridized carbons (Fsp3) is 0.600. The summed E-state index contributed by atoms with van der Waals surface area (Å²) in [4.78, 5) is 3.94. The first-order valence-corrected chi connectivity index (χ1v) is 5.64. The van der Waals surface area contributed by atoms with Gasteiger partial charge >= 0.3 is 0 Å². The molecular formula is C10H16N2S. The molecule has 2 nitrogen and oxygen atoms in total. The zero-order valence-corrected chi connectivity index (χ0v) is 8.81. The summed E-state index contributed by atoms with van der Waals surface area (Å²) >= 11 is 1.86. The minimum Gasteiger partial charge on any atom is -0.326 e. The van der Waals surface area contributed by atoms with E-state index in [4.69, 9.17) is 5.73 Å². The van der Waals surface area contributed by atoms with Crippen molar-refractivity contribution in [1.82, 2.24) is 4.90 Å². The lowest BCUT2D eigenvalue weighted by Gasteiger charge is -2.14. The number of nitrogens with two attached hydrogens (primary N) is 1. The Morgan fingerprint density at radius 2 is 2.54 bits per heavy atom. The van der Waals surface area contributed by atoms with E-state index in [0.717, 1.165) is 19.5 Å². The van der Waals surface area contributed by atoms with Crippen LogP contribution in [0.4, 0.5) is 0 Å². The summed E-state index contributed by atoms with van der Waals surface area (Å²) in [5.74, 6) is 0. The first-order valence-electron chi connectivity index (χ1n) is 4.76. The van der Waals surface area contributed by atoms with E-state index in [1.165, 1.54) is 17.0 Å². The van der Waals surface area contributed by atoms with Gasteiger partial charge in [0.2, 0.25) is 0 Å². The molecule has 2 heterocycles. The molecule has 0 aliphatic carbocycles. The van der Waals surface area contributed by atoms with E-state index >= 15 is 0 Å². The van der Waals surface area contributed by atoms with E-state index in [1.54, 1.807) is 0 Å². The Bertz CT molecular complexity index is 282. The van der Waals surface area contributed by atoms with Crippen molar-refractivity contribution in [3.63, 3.8) is 0 Å². The summed E-state index contributed by atoms with van der Waals surface area (Å²) in [6.45, 7) is 5.51. The second-order valence-electron chi connectivity index (χ2n) is 3.81. The number of hydrogen-bond donors (Lipinski definition) is 1. The van der Waals surface area contributed by atoms with Crippen LogP contribution in [-0.2, 0) is 6.54 Å². The zero-order chi connectivity index (χ0) is 9.26. The van der Waals surface area contributed by atoms with Gasteiger partial charge in [-0.2, -0.15) is 0 Å². The molecule has 2 rings (SSSR count). The van der Waals surface area contributed by atoms with Gasteiger partial charge in [-0.1, -0.05) is 0 Å². The molecule has 0 aromatic carbocycles. The van der Waals surface area contributed by atoms with Crippen molar-refractivity contribution in [2.24, 2.45) is 5.73 Å². The second kappa shape index (κ2) is 3.78. The van der Waals surface area contributed by atoms with E-state index in [1.807, 2.05) is 11.3 Å². The topological polar surface area (TPSA) is 29.3 Å². The highest BCUT2D eigenvalue weighted by atomic mass is 32.1. The summed E-state index contributed by atoms with van der Waals surface area (Å²) < 4.78 is 0. The largest absolute Gasteiger partial charge is 0.326 e. The fourth-order valence-electron chi connectivity index (χ4n) is 1.78. The molecule has 1 fully saturated rings. The second-order valence-corrected chi connectivity index (χ2v) is 4.81. The smallest absolute Gasteiger partial charge is 0.0331 e. The molecular weight excluding hydrogens is 180 g/mol. The molecule has 1 aromatic rings. The summed E-state index contributed by atoms with van der Waals surface area (Å²) in [7, 11) is 0. The molecule has 0 amide bonds. The monoisotopic (exact) mass is 196 g/mol. The van der Waals surface area contributed by atoms with Gasteiger partial charge in [0.05, 0.1) is 0 Å². The van der Waals surface area contributed by atoms with Crippen LogP contribution >= 0.6 is 11.3 Å². The van der Waals surface area contributed by atoms with E-state index in [9.17, 15) is 0 Å². The maximum atomic E-state index is 5.85. The first kappa shape index (κ1) is 9.19. The van der Waals surface area contributed by atoms with E-state index in [0.29, 0.717) is 6.04 Å². The first-order chi connectivity index (χ1) is 6.25. The molecule has 3 heteroatoms. The Morgan fingerprint density at radius 3 is 3.08 bits per heavy atom. The van der Waals surface area contributed by atoms with Gasteiger partial charge in [0.15, 0.2) is 0 Å². The molecule has 72 valence electrons. The normalized spacial score (nSPS) is 24.0. The predicted octanol–water partition coefficient (Wildman–Crippen LogP) is 1.59. The average Bonchev–Trinajstić information content (AvgIpc) is 2.64. The van der Waals surface area contributed by atoms with Crippen LogP contribution in [0.2, 0.25) is 0 Å². The highest BCUT2D eigenvalue weighted by molar-refractivity contribution is 7.10. The maximum absolute atomic E-state index is 5.85. The van der Waals surface area contributed by atoms with Gasteiger partial charge in [-0.15, -0.1) is 11.3 Å². The molecule has 0 bridgehead atoms. The van der Waals surface area contributed by atoms with Gasteiger partial charge in [-0.05, 0) is 30.4 Å². The predicted molar refractivity (Wildman–Crippen MR) is 56.9 cm³/mol. The number of rotatable bonds is 2. The maximum Gasteiger partial charge on any atom is 0.0331 e. The minimum atomic E-state index is 0.403. The van der Waals surface area contributed by atoms with Crippen LogP contribution in [0.25, 0.3) is 0 Å². The summed E-state index contributed by atoms with van der Waals surface area (Å²) in [5, 5.41) is 2.17. The SMILES string of the molecule is Cc1ccsc1CN1CCC(N)C1. The minimum absolute atomic E-state index is 0.403. The fourth-order valence-corrected chi connectivity index (χ4v) is 2.72. The molecule has 1 atom stereocenters. The molecule has 0 radical (unpaired) electrons. The van der Waals surface area contributed by atoms with Crippen molar-refractivity contribution in [3.8, 4) is 0 Å². The third-order valence-electron chi connectivity index (χ3n) is 2.64. The third-order valence-corrected chi connectivity index (χ3v) is 3.65. The van der Waals surface area contributed by atoms with Gasteiger partial charge in [-0.25, -0.2) is 0 Å². The number of aryl methyl sites for hydroxylation is 1. The number of nitrogens with zero attached hydrogens (tertiary/aromatic N) is 1. The lowest BCUT2D eigenvalue weighted by Crippen LogP contribution is -2.26. The highest BCUT2D eigenvalue weighted by Crippen LogP contribution is 2.19. The quantitative estimate of drug-likeness (QED) is 0.778. The van der Waals surface area contributed by atoms with Crippen molar-refractivity contribution in [3.05, 3.63) is 21.9 Å². The van der Waals surface area contributed by atoms with Crippen molar-refractivity contribution in [2.45, 2.75) is 25.9 Å².